The Morgan fingerprint density at radius 2 is 1.87 bits per heavy atom. The van der Waals surface area contributed by atoms with E-state index >= 15 is 0 Å². The van der Waals surface area contributed by atoms with Crippen LogP contribution in [0.25, 0.3) is 0 Å². The molecule has 2 aromatic carbocycles. The molecular formula is C23H26N2O5S. The lowest BCUT2D eigenvalue weighted by molar-refractivity contribution is -0.146. The molecule has 0 saturated carbocycles. The fraction of sp³-hybridized carbons (Fsp3) is 0.348. The zero-order valence-corrected chi connectivity index (χ0v) is 18.4. The van der Waals surface area contributed by atoms with E-state index < -0.39 is 11.9 Å². The maximum Gasteiger partial charge on any atom is 0.325 e. The summed E-state index contributed by atoms with van der Waals surface area (Å²) in [5.74, 6) is -0.970. The lowest BCUT2D eigenvalue weighted by atomic mass is 10.2. The first kappa shape index (κ1) is 22.7. The molecular weight excluding hydrogens is 416 g/mol. The smallest absolute Gasteiger partial charge is 0.325 e. The predicted molar refractivity (Wildman–Crippen MR) is 120 cm³/mol. The van der Waals surface area contributed by atoms with Gasteiger partial charge in [-0.05, 0) is 37.6 Å². The summed E-state index contributed by atoms with van der Waals surface area (Å²) in [6.07, 6.45) is 0.842. The third kappa shape index (κ3) is 6.01. The summed E-state index contributed by atoms with van der Waals surface area (Å²) in [5.41, 5.74) is 1.17. The molecule has 1 aliphatic heterocycles. The number of hydrogen-bond donors (Lipinski definition) is 1. The first-order valence-corrected chi connectivity index (χ1v) is 11.1. The van der Waals surface area contributed by atoms with Gasteiger partial charge in [-0.3, -0.25) is 14.4 Å². The van der Waals surface area contributed by atoms with E-state index in [1.807, 2.05) is 31.2 Å². The zero-order valence-electron chi connectivity index (χ0n) is 17.6. The van der Waals surface area contributed by atoms with Gasteiger partial charge in [-0.2, -0.15) is 0 Å². The van der Waals surface area contributed by atoms with Crippen molar-refractivity contribution in [3.63, 3.8) is 0 Å². The van der Waals surface area contributed by atoms with Crippen LogP contribution in [0.3, 0.4) is 0 Å². The molecule has 2 aromatic rings. The van der Waals surface area contributed by atoms with E-state index in [0.717, 1.165) is 17.0 Å². The molecule has 3 rings (SSSR count). The Labute approximate surface area is 186 Å². The van der Waals surface area contributed by atoms with Crippen molar-refractivity contribution in [2.24, 2.45) is 0 Å². The molecule has 0 aliphatic carbocycles. The van der Waals surface area contributed by atoms with Crippen molar-refractivity contribution in [2.45, 2.75) is 30.4 Å². The van der Waals surface area contributed by atoms with Crippen LogP contribution in [0.2, 0.25) is 0 Å². The third-order valence-electron chi connectivity index (χ3n) is 4.73. The minimum atomic E-state index is -0.679. The minimum absolute atomic E-state index is 0.288. The summed E-state index contributed by atoms with van der Waals surface area (Å²) in [4.78, 5) is 39.9. The summed E-state index contributed by atoms with van der Waals surface area (Å²) < 4.78 is 10.5. The molecule has 1 heterocycles. The topological polar surface area (TPSA) is 84.9 Å². The van der Waals surface area contributed by atoms with Gasteiger partial charge >= 0.3 is 5.97 Å². The average molecular weight is 443 g/mol. The van der Waals surface area contributed by atoms with Crippen LogP contribution < -0.4 is 15.0 Å². The number of ether oxygens (including phenoxy) is 2. The highest BCUT2D eigenvalue weighted by atomic mass is 32.2. The normalized spacial score (nSPS) is 15.4. The summed E-state index contributed by atoms with van der Waals surface area (Å²) in [5, 5.41) is 2.90. The van der Waals surface area contributed by atoms with Crippen LogP contribution in [0.5, 0.6) is 5.75 Å². The van der Waals surface area contributed by atoms with Gasteiger partial charge in [0.15, 0.2) is 6.61 Å². The predicted octanol–water partition coefficient (Wildman–Crippen LogP) is 3.28. The second-order valence-electron chi connectivity index (χ2n) is 7.00. The Morgan fingerprint density at radius 1 is 1.13 bits per heavy atom. The van der Waals surface area contributed by atoms with Gasteiger partial charge in [-0.1, -0.05) is 31.2 Å². The zero-order chi connectivity index (χ0) is 22.2. The van der Waals surface area contributed by atoms with Crippen LogP contribution in [0, 0.1) is 0 Å². The minimum Gasteiger partial charge on any atom is -0.493 e. The molecule has 0 radical (unpaired) electrons. The second kappa shape index (κ2) is 10.9. The molecule has 2 amide bonds. The molecule has 1 N–H and O–H groups in total. The van der Waals surface area contributed by atoms with Gasteiger partial charge in [-0.15, -0.1) is 11.8 Å². The fourth-order valence-electron chi connectivity index (χ4n) is 3.20. The highest BCUT2D eigenvalue weighted by Gasteiger charge is 2.25. The monoisotopic (exact) mass is 442 g/mol. The molecule has 0 saturated heterocycles. The van der Waals surface area contributed by atoms with Crippen LogP contribution in [0.1, 0.15) is 30.6 Å². The Kier molecular flexibility index (Phi) is 7.94. The Hall–Kier alpha value is -3.00. The first-order valence-electron chi connectivity index (χ1n) is 10.2. The summed E-state index contributed by atoms with van der Waals surface area (Å²) >= 11 is 1.73. The summed E-state index contributed by atoms with van der Waals surface area (Å²) in [7, 11) is 0. The van der Waals surface area contributed by atoms with Crippen molar-refractivity contribution >= 4 is 35.2 Å². The number of hydrogen-bond acceptors (Lipinski definition) is 6. The number of fused-ring (bicyclic) bond motifs is 1. The quantitative estimate of drug-likeness (QED) is 0.663. The van der Waals surface area contributed by atoms with Gasteiger partial charge in [0.05, 0.1) is 17.9 Å². The van der Waals surface area contributed by atoms with Crippen LogP contribution in [0.4, 0.5) is 5.69 Å². The van der Waals surface area contributed by atoms with Crippen molar-refractivity contribution in [3.05, 3.63) is 54.1 Å². The molecule has 31 heavy (non-hydrogen) atoms. The van der Waals surface area contributed by atoms with Crippen molar-refractivity contribution in [3.8, 4) is 5.75 Å². The van der Waals surface area contributed by atoms with E-state index in [1.165, 1.54) is 0 Å². The Balaban J connectivity index is 1.53. The number of amides is 2. The number of carbonyl (C=O) groups is 3. The SMILES string of the molecule is CCOc1ccccc1C(=O)NCC(=O)OCC(=O)N1CCC(C)Sc2ccccc21. The molecule has 0 bridgehead atoms. The molecule has 1 unspecified atom stereocenters. The number of anilines is 1. The maximum absolute atomic E-state index is 12.7. The van der Waals surface area contributed by atoms with Crippen molar-refractivity contribution in [2.75, 3.05) is 31.2 Å². The third-order valence-corrected chi connectivity index (χ3v) is 5.96. The van der Waals surface area contributed by atoms with Gasteiger partial charge in [0.25, 0.3) is 11.8 Å². The number of thioether (sulfide) groups is 1. The maximum atomic E-state index is 12.7. The lowest BCUT2D eigenvalue weighted by Gasteiger charge is -2.22. The molecule has 7 nitrogen and oxygen atoms in total. The summed E-state index contributed by atoms with van der Waals surface area (Å²) in [6, 6.07) is 14.5. The van der Waals surface area contributed by atoms with Crippen LogP contribution >= 0.6 is 11.8 Å². The van der Waals surface area contributed by atoms with E-state index in [4.69, 9.17) is 9.47 Å². The first-order chi connectivity index (χ1) is 15.0. The van der Waals surface area contributed by atoms with Gasteiger partial charge in [0, 0.05) is 16.7 Å². The van der Waals surface area contributed by atoms with Gasteiger partial charge in [-0.25, -0.2) is 0 Å². The molecule has 164 valence electrons. The average Bonchev–Trinajstić information content (AvgIpc) is 2.94. The number of benzene rings is 2. The highest BCUT2D eigenvalue weighted by molar-refractivity contribution is 8.00. The molecule has 0 aromatic heterocycles. The fourth-order valence-corrected chi connectivity index (χ4v) is 4.31. The van der Waals surface area contributed by atoms with E-state index in [-0.39, 0.29) is 19.1 Å². The molecule has 1 aliphatic rings. The lowest BCUT2D eigenvalue weighted by Crippen LogP contribution is -2.37. The Morgan fingerprint density at radius 3 is 2.68 bits per heavy atom. The van der Waals surface area contributed by atoms with Crippen LogP contribution in [0.15, 0.2) is 53.4 Å². The van der Waals surface area contributed by atoms with Crippen molar-refractivity contribution < 1.29 is 23.9 Å². The van der Waals surface area contributed by atoms with E-state index in [1.54, 1.807) is 40.9 Å². The number of para-hydroxylation sites is 2. The standard InChI is InChI=1S/C23H26N2O5S/c1-3-29-19-10-6-4-8-17(19)23(28)24-14-22(27)30-15-21(26)25-13-12-16(2)31-20-11-7-5-9-18(20)25/h4-11,16H,3,12-15H2,1-2H3,(H,24,28). The number of esters is 1. The summed E-state index contributed by atoms with van der Waals surface area (Å²) in [6.45, 7) is 4.22. The molecule has 8 heteroatoms. The second-order valence-corrected chi connectivity index (χ2v) is 8.48. The molecule has 1 atom stereocenters. The number of nitrogens with one attached hydrogen (secondary N) is 1. The number of nitrogens with zero attached hydrogens (tertiary/aromatic N) is 1. The van der Waals surface area contributed by atoms with E-state index in [0.29, 0.717) is 29.7 Å². The van der Waals surface area contributed by atoms with E-state index in [9.17, 15) is 14.4 Å². The van der Waals surface area contributed by atoms with Crippen molar-refractivity contribution in [1.82, 2.24) is 5.32 Å². The van der Waals surface area contributed by atoms with Gasteiger partial charge in [0.1, 0.15) is 12.3 Å². The van der Waals surface area contributed by atoms with Crippen LogP contribution in [-0.2, 0) is 14.3 Å². The number of rotatable bonds is 7. The van der Waals surface area contributed by atoms with Gasteiger partial charge < -0.3 is 19.7 Å². The van der Waals surface area contributed by atoms with Gasteiger partial charge in [0.2, 0.25) is 0 Å². The van der Waals surface area contributed by atoms with Crippen molar-refractivity contribution in [1.29, 1.82) is 0 Å². The number of carbonyl (C=O) groups excluding carboxylic acids is 3. The van der Waals surface area contributed by atoms with E-state index in [2.05, 4.69) is 12.2 Å². The molecule has 0 fully saturated rings. The molecule has 0 spiro atoms. The Bertz CT molecular complexity index is 949. The van der Waals surface area contributed by atoms with Crippen LogP contribution in [-0.4, -0.2) is 49.3 Å². The highest BCUT2D eigenvalue weighted by Crippen LogP contribution is 2.37. The largest absolute Gasteiger partial charge is 0.493 e.